The number of amides is 2. The lowest BCUT2D eigenvalue weighted by Crippen LogP contribution is -2.58. The number of hydrogen-bond acceptors (Lipinski definition) is 2. The normalized spacial score (nSPS) is 24.0. The number of carbonyl (C=O) groups excluding carboxylic acids is 1. The maximum Gasteiger partial charge on any atom is 0.315 e. The highest BCUT2D eigenvalue weighted by Crippen LogP contribution is 2.32. The van der Waals surface area contributed by atoms with Crippen molar-refractivity contribution in [3.05, 3.63) is 0 Å². The van der Waals surface area contributed by atoms with E-state index in [1.54, 1.807) is 0 Å². The van der Waals surface area contributed by atoms with E-state index in [2.05, 4.69) is 17.6 Å². The summed E-state index contributed by atoms with van der Waals surface area (Å²) in [6.07, 6.45) is 10.2. The zero-order valence-corrected chi connectivity index (χ0v) is 13.0. The molecule has 0 aliphatic heterocycles. The fraction of sp³-hybridized carbons (Fsp3) is 0.875. The van der Waals surface area contributed by atoms with Gasteiger partial charge in [-0.2, -0.15) is 0 Å². The van der Waals surface area contributed by atoms with Gasteiger partial charge in [-0.05, 0) is 32.6 Å². The standard InChI is InChI=1S/C16H28N2O3/c1-15(8-4-2-5-9-15)17-14(21)18-16(12-13(19)20)10-6-3-7-11-16/h2-12H2,1H3,(H,19,20)(H2,17,18,21). The highest BCUT2D eigenvalue weighted by Gasteiger charge is 2.37. The van der Waals surface area contributed by atoms with E-state index in [9.17, 15) is 9.59 Å². The summed E-state index contributed by atoms with van der Waals surface area (Å²) in [6.45, 7) is 2.09. The Morgan fingerprint density at radius 3 is 1.95 bits per heavy atom. The molecule has 3 N–H and O–H groups in total. The van der Waals surface area contributed by atoms with Crippen LogP contribution in [0.3, 0.4) is 0 Å². The average molecular weight is 296 g/mol. The number of carboxylic acid groups (broad SMARTS) is 1. The summed E-state index contributed by atoms with van der Waals surface area (Å²) in [5.74, 6) is -0.832. The summed E-state index contributed by atoms with van der Waals surface area (Å²) < 4.78 is 0. The maximum atomic E-state index is 12.4. The SMILES string of the molecule is CC1(NC(=O)NC2(CC(=O)O)CCCCC2)CCCCC1. The van der Waals surface area contributed by atoms with Gasteiger partial charge >= 0.3 is 12.0 Å². The van der Waals surface area contributed by atoms with Crippen LogP contribution in [0.25, 0.3) is 0 Å². The summed E-state index contributed by atoms with van der Waals surface area (Å²) in [6, 6.07) is -0.192. The fourth-order valence-electron chi connectivity index (χ4n) is 3.87. The monoisotopic (exact) mass is 296 g/mol. The van der Waals surface area contributed by atoms with Crippen LogP contribution in [0, 0.1) is 0 Å². The molecule has 2 amide bonds. The van der Waals surface area contributed by atoms with Crippen molar-refractivity contribution in [2.75, 3.05) is 0 Å². The lowest BCUT2D eigenvalue weighted by atomic mass is 9.79. The Balaban J connectivity index is 1.95. The Morgan fingerprint density at radius 2 is 1.43 bits per heavy atom. The van der Waals surface area contributed by atoms with Crippen LogP contribution in [-0.2, 0) is 4.79 Å². The van der Waals surface area contributed by atoms with Crippen molar-refractivity contribution in [2.45, 2.75) is 88.6 Å². The van der Waals surface area contributed by atoms with Gasteiger partial charge in [-0.15, -0.1) is 0 Å². The van der Waals surface area contributed by atoms with Gasteiger partial charge in [0.05, 0.1) is 12.0 Å². The molecule has 21 heavy (non-hydrogen) atoms. The molecule has 5 nitrogen and oxygen atoms in total. The van der Waals surface area contributed by atoms with Crippen molar-refractivity contribution in [1.29, 1.82) is 0 Å². The van der Waals surface area contributed by atoms with Gasteiger partial charge in [-0.3, -0.25) is 4.79 Å². The molecule has 0 aromatic heterocycles. The van der Waals surface area contributed by atoms with Crippen LogP contribution >= 0.6 is 0 Å². The molecule has 5 heteroatoms. The number of aliphatic carboxylic acids is 1. The first-order chi connectivity index (χ1) is 9.93. The molecule has 0 atom stereocenters. The second-order valence-electron chi connectivity index (χ2n) is 7.11. The van der Waals surface area contributed by atoms with Gasteiger partial charge in [-0.25, -0.2) is 4.79 Å². The second-order valence-corrected chi connectivity index (χ2v) is 7.11. The number of nitrogens with one attached hydrogen (secondary N) is 2. The van der Waals surface area contributed by atoms with E-state index in [-0.39, 0.29) is 18.0 Å². The maximum absolute atomic E-state index is 12.4. The molecule has 0 heterocycles. The first-order valence-corrected chi connectivity index (χ1v) is 8.25. The molecule has 0 aromatic carbocycles. The third-order valence-corrected chi connectivity index (χ3v) is 5.05. The summed E-state index contributed by atoms with van der Waals surface area (Å²) in [5.41, 5.74) is -0.694. The van der Waals surface area contributed by atoms with Crippen molar-refractivity contribution in [3.63, 3.8) is 0 Å². The molecular formula is C16H28N2O3. The van der Waals surface area contributed by atoms with E-state index in [0.717, 1.165) is 57.8 Å². The topological polar surface area (TPSA) is 78.4 Å². The quantitative estimate of drug-likeness (QED) is 0.745. The van der Waals surface area contributed by atoms with Crippen molar-refractivity contribution >= 4 is 12.0 Å². The molecular weight excluding hydrogens is 268 g/mol. The predicted octanol–water partition coefficient (Wildman–Crippen LogP) is 3.19. The van der Waals surface area contributed by atoms with Gasteiger partial charge in [0.1, 0.15) is 0 Å². The van der Waals surface area contributed by atoms with Crippen LogP contribution in [0.2, 0.25) is 0 Å². The minimum Gasteiger partial charge on any atom is -0.481 e. The molecule has 2 rings (SSSR count). The van der Waals surface area contributed by atoms with Crippen molar-refractivity contribution in [2.24, 2.45) is 0 Å². The van der Waals surface area contributed by atoms with E-state index in [1.807, 2.05) is 0 Å². The smallest absolute Gasteiger partial charge is 0.315 e. The number of carbonyl (C=O) groups is 2. The van der Waals surface area contributed by atoms with Crippen molar-refractivity contribution in [3.8, 4) is 0 Å². The molecule has 2 aliphatic carbocycles. The summed E-state index contributed by atoms with van der Waals surface area (Å²) in [4.78, 5) is 23.5. The van der Waals surface area contributed by atoms with E-state index >= 15 is 0 Å². The predicted molar refractivity (Wildman–Crippen MR) is 81.2 cm³/mol. The number of hydrogen-bond donors (Lipinski definition) is 3. The van der Waals surface area contributed by atoms with Gasteiger partial charge in [-0.1, -0.05) is 38.5 Å². The lowest BCUT2D eigenvalue weighted by Gasteiger charge is -2.40. The Kier molecular flexibility index (Phi) is 5.12. The third-order valence-electron chi connectivity index (χ3n) is 5.05. The van der Waals surface area contributed by atoms with Gasteiger partial charge in [0, 0.05) is 5.54 Å². The second kappa shape index (κ2) is 6.67. The molecule has 0 bridgehead atoms. The zero-order valence-electron chi connectivity index (χ0n) is 13.0. The minimum absolute atomic E-state index is 0.0249. The number of urea groups is 1. The Morgan fingerprint density at radius 1 is 0.905 bits per heavy atom. The highest BCUT2D eigenvalue weighted by atomic mass is 16.4. The molecule has 2 saturated carbocycles. The summed E-state index contributed by atoms with van der Waals surface area (Å²) in [5, 5.41) is 15.2. The van der Waals surface area contributed by atoms with Crippen LogP contribution < -0.4 is 10.6 Å². The van der Waals surface area contributed by atoms with Crippen molar-refractivity contribution < 1.29 is 14.7 Å². The van der Waals surface area contributed by atoms with Crippen LogP contribution in [0.4, 0.5) is 4.79 Å². The average Bonchev–Trinajstić information content (AvgIpc) is 2.38. The van der Waals surface area contributed by atoms with E-state index in [1.165, 1.54) is 6.42 Å². The summed E-state index contributed by atoms with van der Waals surface area (Å²) >= 11 is 0. The molecule has 0 spiro atoms. The van der Waals surface area contributed by atoms with E-state index < -0.39 is 11.5 Å². The van der Waals surface area contributed by atoms with Gasteiger partial charge in [0.2, 0.25) is 0 Å². The van der Waals surface area contributed by atoms with Crippen LogP contribution in [0.1, 0.15) is 77.6 Å². The third kappa shape index (κ3) is 4.61. The van der Waals surface area contributed by atoms with Crippen LogP contribution in [0.15, 0.2) is 0 Å². The van der Waals surface area contributed by atoms with E-state index in [0.29, 0.717) is 0 Å². The molecule has 2 fully saturated rings. The molecule has 120 valence electrons. The largest absolute Gasteiger partial charge is 0.481 e. The first-order valence-electron chi connectivity index (χ1n) is 8.25. The van der Waals surface area contributed by atoms with E-state index in [4.69, 9.17) is 5.11 Å². The van der Waals surface area contributed by atoms with Gasteiger partial charge in [0.25, 0.3) is 0 Å². The minimum atomic E-state index is -0.832. The molecule has 0 aromatic rings. The van der Waals surface area contributed by atoms with Crippen molar-refractivity contribution in [1.82, 2.24) is 10.6 Å². The van der Waals surface area contributed by atoms with Crippen LogP contribution in [0.5, 0.6) is 0 Å². The Bertz CT molecular complexity index is 383. The molecule has 0 radical (unpaired) electrons. The fourth-order valence-corrected chi connectivity index (χ4v) is 3.87. The number of rotatable bonds is 4. The zero-order chi connectivity index (χ0) is 15.3. The molecule has 2 aliphatic rings. The van der Waals surface area contributed by atoms with Gasteiger partial charge < -0.3 is 15.7 Å². The highest BCUT2D eigenvalue weighted by molar-refractivity contribution is 5.77. The first kappa shape index (κ1) is 16.1. The van der Waals surface area contributed by atoms with Crippen LogP contribution in [-0.4, -0.2) is 28.2 Å². The molecule has 0 unspecified atom stereocenters. The number of carboxylic acids is 1. The Hall–Kier alpha value is -1.26. The molecule has 0 saturated heterocycles. The Labute approximate surface area is 126 Å². The summed E-state index contributed by atoms with van der Waals surface area (Å²) in [7, 11) is 0. The lowest BCUT2D eigenvalue weighted by molar-refractivity contribution is -0.139. The van der Waals surface area contributed by atoms with Gasteiger partial charge in [0.15, 0.2) is 0 Å².